The Balaban J connectivity index is 3.12. The number of ether oxygens (including phenoxy) is 2. The summed E-state index contributed by atoms with van der Waals surface area (Å²) in [4.78, 5) is 1.91. The van der Waals surface area contributed by atoms with Gasteiger partial charge in [-0.3, -0.25) is 4.90 Å². The minimum absolute atomic E-state index is 0.0610. The molecule has 0 radical (unpaired) electrons. The molecule has 0 heterocycles. The van der Waals surface area contributed by atoms with E-state index in [1.807, 2.05) is 44.1 Å². The van der Waals surface area contributed by atoms with E-state index in [1.165, 1.54) is 0 Å². The van der Waals surface area contributed by atoms with Gasteiger partial charge >= 0.3 is 0 Å². The highest BCUT2D eigenvalue weighted by Gasteiger charge is 2.23. The first-order valence-electron chi connectivity index (χ1n) is 5.83. The van der Waals surface area contributed by atoms with Gasteiger partial charge in [-0.15, -0.1) is 0 Å². The summed E-state index contributed by atoms with van der Waals surface area (Å²) in [5, 5.41) is 9.24. The van der Waals surface area contributed by atoms with E-state index in [2.05, 4.69) is 6.07 Å². The highest BCUT2D eigenvalue weighted by molar-refractivity contribution is 5.43. The van der Waals surface area contributed by atoms with Crippen LogP contribution in [0.5, 0.6) is 11.5 Å². The zero-order valence-electron chi connectivity index (χ0n) is 11.6. The molecule has 2 unspecified atom stereocenters. The van der Waals surface area contributed by atoms with Gasteiger partial charge in [0.25, 0.3) is 0 Å². The Kier molecular flexibility index (Phi) is 4.99. The van der Waals surface area contributed by atoms with Gasteiger partial charge in [-0.1, -0.05) is 13.0 Å². The summed E-state index contributed by atoms with van der Waals surface area (Å²) in [6, 6.07) is 7.82. The molecule has 0 aliphatic heterocycles. The van der Waals surface area contributed by atoms with Crippen molar-refractivity contribution in [1.29, 1.82) is 5.26 Å². The van der Waals surface area contributed by atoms with Gasteiger partial charge in [0, 0.05) is 12.0 Å². The first-order valence-corrected chi connectivity index (χ1v) is 5.83. The smallest absolute Gasteiger partial charge is 0.126 e. The Morgan fingerprint density at radius 1 is 1.22 bits per heavy atom. The topological polar surface area (TPSA) is 45.5 Å². The fraction of sp³-hybridized carbons (Fsp3) is 0.500. The molecule has 1 aromatic rings. The second-order valence-corrected chi connectivity index (χ2v) is 4.43. The van der Waals surface area contributed by atoms with Gasteiger partial charge in [-0.25, -0.2) is 0 Å². The fourth-order valence-electron chi connectivity index (χ4n) is 2.04. The molecule has 0 aromatic heterocycles. The number of hydrogen-bond donors (Lipinski definition) is 0. The van der Waals surface area contributed by atoms with Crippen molar-refractivity contribution >= 4 is 0 Å². The minimum Gasteiger partial charge on any atom is -0.497 e. The molecule has 0 saturated carbocycles. The van der Waals surface area contributed by atoms with Gasteiger partial charge in [0.05, 0.1) is 20.3 Å². The molecule has 4 nitrogen and oxygen atoms in total. The van der Waals surface area contributed by atoms with Crippen molar-refractivity contribution in [2.45, 2.75) is 18.9 Å². The molecule has 4 heteroatoms. The average molecular weight is 248 g/mol. The second kappa shape index (κ2) is 6.27. The van der Waals surface area contributed by atoms with Crippen LogP contribution in [0.1, 0.15) is 18.4 Å². The van der Waals surface area contributed by atoms with Gasteiger partial charge in [0.2, 0.25) is 0 Å². The predicted octanol–water partition coefficient (Wildman–Crippen LogP) is 2.26. The van der Waals surface area contributed by atoms with Crippen LogP contribution in [0, 0.1) is 11.3 Å². The molecule has 1 aromatic carbocycles. The number of methoxy groups -OCH3 is 2. The zero-order chi connectivity index (χ0) is 13.7. The van der Waals surface area contributed by atoms with E-state index >= 15 is 0 Å². The van der Waals surface area contributed by atoms with E-state index < -0.39 is 0 Å². The van der Waals surface area contributed by atoms with Gasteiger partial charge in [0.1, 0.15) is 17.5 Å². The van der Waals surface area contributed by atoms with Crippen molar-refractivity contribution in [3.8, 4) is 17.6 Å². The maximum absolute atomic E-state index is 9.24. The molecule has 0 amide bonds. The van der Waals surface area contributed by atoms with E-state index in [-0.39, 0.29) is 12.0 Å². The Hall–Kier alpha value is -1.73. The molecule has 18 heavy (non-hydrogen) atoms. The van der Waals surface area contributed by atoms with Gasteiger partial charge in [-0.05, 0) is 25.7 Å². The summed E-state index contributed by atoms with van der Waals surface area (Å²) in [6.45, 7) is 2.03. The Morgan fingerprint density at radius 3 is 2.33 bits per heavy atom. The molecule has 1 rings (SSSR count). The molecule has 0 N–H and O–H groups in total. The lowest BCUT2D eigenvalue weighted by atomic mass is 9.92. The maximum Gasteiger partial charge on any atom is 0.126 e. The lowest BCUT2D eigenvalue weighted by molar-refractivity contribution is 0.310. The summed E-state index contributed by atoms with van der Waals surface area (Å²) >= 11 is 0. The predicted molar refractivity (Wildman–Crippen MR) is 71.0 cm³/mol. The standard InChI is InChI=1S/C14H20N2O2/c1-10(13(9-15)16(2)3)12-7-6-11(17-4)8-14(12)18-5/h6-8,10,13H,1-5H3. The number of rotatable bonds is 5. The molecular weight excluding hydrogens is 228 g/mol. The van der Waals surface area contributed by atoms with E-state index in [1.54, 1.807) is 14.2 Å². The highest BCUT2D eigenvalue weighted by atomic mass is 16.5. The summed E-state index contributed by atoms with van der Waals surface area (Å²) in [5.41, 5.74) is 1.01. The summed E-state index contributed by atoms with van der Waals surface area (Å²) in [5.74, 6) is 1.57. The van der Waals surface area contributed by atoms with Crippen LogP contribution in [-0.4, -0.2) is 39.3 Å². The van der Waals surface area contributed by atoms with Crippen molar-refractivity contribution in [1.82, 2.24) is 4.90 Å². The van der Waals surface area contributed by atoms with Gasteiger partial charge in [-0.2, -0.15) is 5.26 Å². The average Bonchev–Trinajstić information content (AvgIpc) is 2.38. The van der Waals surface area contributed by atoms with E-state index in [0.29, 0.717) is 0 Å². The SMILES string of the molecule is COc1ccc(C(C)C(C#N)N(C)C)c(OC)c1. The van der Waals surface area contributed by atoms with Crippen LogP contribution in [0.3, 0.4) is 0 Å². The number of benzene rings is 1. The van der Waals surface area contributed by atoms with Crippen LogP contribution < -0.4 is 9.47 Å². The van der Waals surface area contributed by atoms with Crippen LogP contribution in [0.25, 0.3) is 0 Å². The van der Waals surface area contributed by atoms with Crippen LogP contribution in [-0.2, 0) is 0 Å². The number of hydrogen-bond acceptors (Lipinski definition) is 4. The molecular formula is C14H20N2O2. The summed E-state index contributed by atoms with van der Waals surface area (Å²) in [7, 11) is 7.05. The first kappa shape index (κ1) is 14.3. The third-order valence-electron chi connectivity index (χ3n) is 3.09. The first-order chi connectivity index (χ1) is 8.54. The third-order valence-corrected chi connectivity index (χ3v) is 3.09. The van der Waals surface area contributed by atoms with E-state index in [4.69, 9.17) is 9.47 Å². The Bertz CT molecular complexity index is 438. The monoisotopic (exact) mass is 248 g/mol. The number of nitrogens with zero attached hydrogens (tertiary/aromatic N) is 2. The van der Waals surface area contributed by atoms with Crippen molar-refractivity contribution in [2.75, 3.05) is 28.3 Å². The number of likely N-dealkylation sites (N-methyl/N-ethyl adjacent to an activating group) is 1. The van der Waals surface area contributed by atoms with Gasteiger partial charge in [0.15, 0.2) is 0 Å². The Morgan fingerprint density at radius 2 is 1.89 bits per heavy atom. The molecule has 98 valence electrons. The van der Waals surface area contributed by atoms with Crippen molar-refractivity contribution in [3.05, 3.63) is 23.8 Å². The molecule has 0 spiro atoms. The third kappa shape index (κ3) is 2.93. The van der Waals surface area contributed by atoms with Crippen LogP contribution in [0.15, 0.2) is 18.2 Å². The molecule has 0 bridgehead atoms. The van der Waals surface area contributed by atoms with E-state index in [0.717, 1.165) is 17.1 Å². The molecule has 2 atom stereocenters. The number of nitriles is 1. The molecule has 0 fully saturated rings. The summed E-state index contributed by atoms with van der Waals surface area (Å²) < 4.78 is 10.5. The quantitative estimate of drug-likeness (QED) is 0.802. The van der Waals surface area contributed by atoms with Gasteiger partial charge < -0.3 is 9.47 Å². The molecule has 0 aliphatic rings. The lowest BCUT2D eigenvalue weighted by Crippen LogP contribution is -2.31. The van der Waals surface area contributed by atoms with Crippen LogP contribution in [0.2, 0.25) is 0 Å². The minimum atomic E-state index is -0.188. The van der Waals surface area contributed by atoms with Crippen molar-refractivity contribution in [3.63, 3.8) is 0 Å². The van der Waals surface area contributed by atoms with E-state index in [9.17, 15) is 5.26 Å². The summed E-state index contributed by atoms with van der Waals surface area (Å²) in [6.07, 6.45) is 0. The second-order valence-electron chi connectivity index (χ2n) is 4.43. The Labute approximate surface area is 109 Å². The highest BCUT2D eigenvalue weighted by Crippen LogP contribution is 2.33. The molecule has 0 saturated heterocycles. The van der Waals surface area contributed by atoms with Crippen LogP contribution in [0.4, 0.5) is 0 Å². The normalized spacial score (nSPS) is 13.8. The van der Waals surface area contributed by atoms with Crippen LogP contribution >= 0.6 is 0 Å². The van der Waals surface area contributed by atoms with Crippen molar-refractivity contribution < 1.29 is 9.47 Å². The zero-order valence-corrected chi connectivity index (χ0v) is 11.6. The maximum atomic E-state index is 9.24. The lowest BCUT2D eigenvalue weighted by Gasteiger charge is -2.25. The molecule has 0 aliphatic carbocycles. The fourth-order valence-corrected chi connectivity index (χ4v) is 2.04. The largest absolute Gasteiger partial charge is 0.497 e. The van der Waals surface area contributed by atoms with Crippen molar-refractivity contribution in [2.24, 2.45) is 0 Å².